The summed E-state index contributed by atoms with van der Waals surface area (Å²) in [5.41, 5.74) is 5.57. The molecule has 0 aliphatic carbocycles. The minimum Gasteiger partial charge on any atom is -0.497 e. The molecule has 0 radical (unpaired) electrons. The van der Waals surface area contributed by atoms with Crippen LogP contribution in [0.2, 0.25) is 10.0 Å². The lowest BCUT2D eigenvalue weighted by Gasteiger charge is -2.15. The SMILES string of the molecule is COc1ccc2nc3cc(Cl)ccc3c(NCCNCCNCCNc3c4ccc(Cl)cc4nc4ccc(OC)cc34)c2c1.Cl.Cl.Cl.Cl. The summed E-state index contributed by atoms with van der Waals surface area (Å²) in [6.45, 7) is 4.82. The normalized spacial score (nSPS) is 10.5. The number of nitrogens with zero attached hydrogens (tertiary/aromatic N) is 2. The molecule has 258 valence electrons. The molecule has 0 aliphatic heterocycles. The number of benzene rings is 4. The first-order valence-electron chi connectivity index (χ1n) is 14.6. The van der Waals surface area contributed by atoms with E-state index >= 15 is 0 Å². The van der Waals surface area contributed by atoms with Crippen LogP contribution in [0.1, 0.15) is 0 Å². The highest BCUT2D eigenvalue weighted by molar-refractivity contribution is 6.32. The summed E-state index contributed by atoms with van der Waals surface area (Å²) < 4.78 is 10.9. The summed E-state index contributed by atoms with van der Waals surface area (Å²) in [7, 11) is 3.35. The number of fused-ring (bicyclic) bond motifs is 4. The van der Waals surface area contributed by atoms with E-state index in [9.17, 15) is 0 Å². The molecule has 0 amide bonds. The third-order valence-corrected chi connectivity index (χ3v) is 8.04. The number of ether oxygens (including phenoxy) is 2. The first kappa shape index (κ1) is 41.3. The van der Waals surface area contributed by atoms with E-state index in [-0.39, 0.29) is 49.6 Å². The average molecular weight is 775 g/mol. The Hall–Kier alpha value is -2.92. The zero-order valence-corrected chi connectivity index (χ0v) is 31.0. The second-order valence-corrected chi connectivity index (χ2v) is 11.3. The van der Waals surface area contributed by atoms with E-state index in [1.807, 2.05) is 72.8 Å². The molecule has 0 spiro atoms. The van der Waals surface area contributed by atoms with Crippen LogP contribution >= 0.6 is 72.8 Å². The van der Waals surface area contributed by atoms with Crippen LogP contribution in [0.4, 0.5) is 11.4 Å². The largest absolute Gasteiger partial charge is 0.497 e. The second kappa shape index (κ2) is 19.3. The fourth-order valence-corrected chi connectivity index (χ4v) is 5.74. The molecule has 4 aromatic carbocycles. The standard InChI is InChI=1S/C34H34Cl2N6O2.4ClH/c1-43-23-5-9-29-27(19-23)33(25-7-3-21(35)17-31(25)41-29)39-15-13-37-11-12-38-14-16-40-34-26-8-4-22(36)18-32(26)42-30-10-6-24(44-2)20-28(30)34;;;;/h3-10,17-20,37-38H,11-16H2,1-2H3,(H,39,41)(H,40,42);4*1H. The molecule has 0 atom stereocenters. The van der Waals surface area contributed by atoms with Crippen LogP contribution in [-0.4, -0.2) is 63.5 Å². The Morgan fingerprint density at radius 2 is 0.875 bits per heavy atom. The number of aromatic nitrogens is 2. The predicted octanol–water partition coefficient (Wildman–Crippen LogP) is 8.80. The Kier molecular flexibility index (Phi) is 16.6. The molecule has 4 N–H and O–H groups in total. The van der Waals surface area contributed by atoms with Crippen LogP contribution in [-0.2, 0) is 0 Å². The number of rotatable bonds is 13. The van der Waals surface area contributed by atoms with Gasteiger partial charge in [0.25, 0.3) is 0 Å². The topological polar surface area (TPSA) is 92.4 Å². The second-order valence-electron chi connectivity index (χ2n) is 10.4. The van der Waals surface area contributed by atoms with E-state index in [2.05, 4.69) is 21.3 Å². The van der Waals surface area contributed by atoms with Gasteiger partial charge >= 0.3 is 0 Å². The minimum absolute atomic E-state index is 0. The summed E-state index contributed by atoms with van der Waals surface area (Å²) >= 11 is 12.5. The van der Waals surface area contributed by atoms with Crippen molar-refractivity contribution in [2.75, 3.05) is 64.1 Å². The molecule has 2 heterocycles. The molecule has 2 aromatic heterocycles. The number of methoxy groups -OCH3 is 2. The minimum atomic E-state index is 0. The van der Waals surface area contributed by atoms with Crippen LogP contribution < -0.4 is 30.7 Å². The molecule has 14 heteroatoms. The molecule has 0 bridgehead atoms. The van der Waals surface area contributed by atoms with Crippen molar-refractivity contribution in [3.05, 3.63) is 82.8 Å². The molecule has 0 saturated carbocycles. The van der Waals surface area contributed by atoms with Gasteiger partial charge in [-0.3, -0.25) is 0 Å². The van der Waals surface area contributed by atoms with Gasteiger partial charge in [0.1, 0.15) is 11.5 Å². The lowest BCUT2D eigenvalue weighted by atomic mass is 10.1. The number of pyridine rings is 2. The molecule has 0 aliphatic rings. The van der Waals surface area contributed by atoms with Crippen molar-refractivity contribution < 1.29 is 9.47 Å². The number of anilines is 2. The van der Waals surface area contributed by atoms with Crippen molar-refractivity contribution in [3.8, 4) is 11.5 Å². The van der Waals surface area contributed by atoms with E-state index < -0.39 is 0 Å². The van der Waals surface area contributed by atoms with Gasteiger partial charge in [0.15, 0.2) is 0 Å². The van der Waals surface area contributed by atoms with Gasteiger partial charge in [-0.2, -0.15) is 0 Å². The van der Waals surface area contributed by atoms with Gasteiger partial charge < -0.3 is 30.7 Å². The Morgan fingerprint density at radius 1 is 0.479 bits per heavy atom. The third-order valence-electron chi connectivity index (χ3n) is 7.57. The quantitative estimate of drug-likeness (QED) is 0.0684. The van der Waals surface area contributed by atoms with Crippen molar-refractivity contribution in [1.82, 2.24) is 20.6 Å². The fraction of sp³-hybridized carbons (Fsp3) is 0.235. The number of halogens is 6. The van der Waals surface area contributed by atoms with E-state index in [1.165, 1.54) is 0 Å². The van der Waals surface area contributed by atoms with Crippen LogP contribution in [0.15, 0.2) is 72.8 Å². The van der Waals surface area contributed by atoms with E-state index in [4.69, 9.17) is 42.6 Å². The molecule has 0 saturated heterocycles. The van der Waals surface area contributed by atoms with Crippen molar-refractivity contribution in [2.24, 2.45) is 0 Å². The molecule has 8 nitrogen and oxygen atoms in total. The number of nitrogens with one attached hydrogen (secondary N) is 4. The monoisotopic (exact) mass is 772 g/mol. The highest BCUT2D eigenvalue weighted by Gasteiger charge is 2.12. The van der Waals surface area contributed by atoms with E-state index in [1.54, 1.807) is 14.2 Å². The molecule has 0 unspecified atom stereocenters. The number of hydrogen-bond donors (Lipinski definition) is 4. The summed E-state index contributed by atoms with van der Waals surface area (Å²) in [6, 6.07) is 23.5. The molecular formula is C34H38Cl6N6O2. The maximum atomic E-state index is 6.26. The van der Waals surface area contributed by atoms with Gasteiger partial charge in [-0.15, -0.1) is 49.6 Å². The highest BCUT2D eigenvalue weighted by Crippen LogP contribution is 2.35. The molecule has 6 aromatic rings. The van der Waals surface area contributed by atoms with Crippen LogP contribution in [0.5, 0.6) is 11.5 Å². The maximum absolute atomic E-state index is 6.26. The molecular weight excluding hydrogens is 737 g/mol. The predicted molar refractivity (Wildman–Crippen MR) is 213 cm³/mol. The van der Waals surface area contributed by atoms with Crippen molar-refractivity contribution >= 4 is 128 Å². The van der Waals surface area contributed by atoms with Gasteiger partial charge in [0.2, 0.25) is 0 Å². The van der Waals surface area contributed by atoms with Gasteiger partial charge in [-0.25, -0.2) is 9.97 Å². The summed E-state index contributed by atoms with van der Waals surface area (Å²) in [5, 5.41) is 19.7. The fourth-order valence-electron chi connectivity index (χ4n) is 5.41. The average Bonchev–Trinajstić information content (AvgIpc) is 3.04. The third kappa shape index (κ3) is 9.40. The first-order chi connectivity index (χ1) is 21.5. The Morgan fingerprint density at radius 3 is 1.27 bits per heavy atom. The Bertz CT molecular complexity index is 1830. The van der Waals surface area contributed by atoms with E-state index in [0.717, 1.165) is 106 Å². The Labute approximate surface area is 314 Å². The van der Waals surface area contributed by atoms with Gasteiger partial charge in [-0.05, 0) is 72.8 Å². The van der Waals surface area contributed by atoms with Crippen LogP contribution in [0, 0.1) is 0 Å². The molecule has 0 fully saturated rings. The first-order valence-corrected chi connectivity index (χ1v) is 15.3. The summed E-state index contributed by atoms with van der Waals surface area (Å²) in [4.78, 5) is 9.61. The lowest BCUT2D eigenvalue weighted by Crippen LogP contribution is -2.32. The number of hydrogen-bond acceptors (Lipinski definition) is 8. The van der Waals surface area contributed by atoms with Gasteiger partial charge in [0.05, 0.1) is 47.7 Å². The highest BCUT2D eigenvalue weighted by atomic mass is 35.5. The van der Waals surface area contributed by atoms with Crippen LogP contribution in [0.25, 0.3) is 43.6 Å². The van der Waals surface area contributed by atoms with E-state index in [0.29, 0.717) is 10.0 Å². The Balaban J connectivity index is 0.00000200. The van der Waals surface area contributed by atoms with Gasteiger partial charge in [-0.1, -0.05) is 23.2 Å². The van der Waals surface area contributed by atoms with Crippen molar-refractivity contribution in [3.63, 3.8) is 0 Å². The lowest BCUT2D eigenvalue weighted by molar-refractivity contribution is 0.415. The maximum Gasteiger partial charge on any atom is 0.119 e. The zero-order valence-electron chi connectivity index (χ0n) is 26.3. The zero-order chi connectivity index (χ0) is 30.5. The van der Waals surface area contributed by atoms with Crippen molar-refractivity contribution in [1.29, 1.82) is 0 Å². The van der Waals surface area contributed by atoms with Crippen molar-refractivity contribution in [2.45, 2.75) is 0 Å². The van der Waals surface area contributed by atoms with Gasteiger partial charge in [0, 0.05) is 70.9 Å². The smallest absolute Gasteiger partial charge is 0.119 e. The summed E-state index contributed by atoms with van der Waals surface area (Å²) in [6.07, 6.45) is 0. The molecule has 6 rings (SSSR count). The summed E-state index contributed by atoms with van der Waals surface area (Å²) in [5.74, 6) is 1.59. The van der Waals surface area contributed by atoms with Crippen LogP contribution in [0.3, 0.4) is 0 Å². The molecule has 48 heavy (non-hydrogen) atoms.